The number of furan rings is 1. The second-order valence-corrected chi connectivity index (χ2v) is 4.47. The van der Waals surface area contributed by atoms with Gasteiger partial charge in [-0.1, -0.05) is 0 Å². The minimum Gasteiger partial charge on any atom is -0.465 e. The highest BCUT2D eigenvalue weighted by Crippen LogP contribution is 2.30. The molecule has 2 aromatic heterocycles. The summed E-state index contributed by atoms with van der Waals surface area (Å²) >= 11 is 0. The largest absolute Gasteiger partial charge is 0.465 e. The summed E-state index contributed by atoms with van der Waals surface area (Å²) < 4.78 is 15.0. The molecule has 0 aliphatic carbocycles. The Hall–Kier alpha value is -3.41. The van der Waals surface area contributed by atoms with Gasteiger partial charge in [-0.05, 0) is 13.8 Å². The predicted octanol–water partition coefficient (Wildman–Crippen LogP) is 1.96. The lowest BCUT2D eigenvalue weighted by atomic mass is 10.1. The molecule has 9 nitrogen and oxygen atoms in total. The second kappa shape index (κ2) is 7.23. The molecule has 2 heterocycles. The molecule has 0 atom stereocenters. The summed E-state index contributed by atoms with van der Waals surface area (Å²) in [5.74, 6) is -1.07. The van der Waals surface area contributed by atoms with Crippen LogP contribution in [0.4, 0.5) is 11.7 Å². The average molecular weight is 330 g/mol. The monoisotopic (exact) mass is 330 g/mol. The van der Waals surface area contributed by atoms with Crippen LogP contribution < -0.4 is 5.32 Å². The quantitative estimate of drug-likeness (QED) is 0.818. The zero-order valence-electron chi connectivity index (χ0n) is 13.2. The van der Waals surface area contributed by atoms with E-state index < -0.39 is 11.9 Å². The summed E-state index contributed by atoms with van der Waals surface area (Å²) in [4.78, 5) is 31.4. The molecule has 0 radical (unpaired) electrons. The molecule has 1 N–H and O–H groups in total. The number of rotatable bonds is 5. The number of hydrogen-bond acceptors (Lipinski definition) is 9. The lowest BCUT2D eigenvalue weighted by Gasteiger charge is -2.07. The van der Waals surface area contributed by atoms with Crippen molar-refractivity contribution in [2.45, 2.75) is 13.8 Å². The number of aryl methyl sites for hydroxylation is 1. The first-order valence-electron chi connectivity index (χ1n) is 6.89. The fourth-order valence-corrected chi connectivity index (χ4v) is 1.98. The molecule has 0 aliphatic heterocycles. The van der Waals surface area contributed by atoms with Crippen LogP contribution in [0.1, 0.15) is 39.0 Å². The zero-order chi connectivity index (χ0) is 17.7. The first-order valence-corrected chi connectivity index (χ1v) is 6.89. The number of ether oxygens (including phenoxy) is 2. The maximum absolute atomic E-state index is 11.9. The van der Waals surface area contributed by atoms with Crippen molar-refractivity contribution >= 4 is 23.6 Å². The zero-order valence-corrected chi connectivity index (χ0v) is 13.2. The number of nitrogens with one attached hydrogen (secondary N) is 1. The van der Waals surface area contributed by atoms with Crippen molar-refractivity contribution in [1.29, 1.82) is 5.26 Å². The molecule has 2 rings (SSSR count). The SMILES string of the molecule is CCOC(=O)c1cncnc1Nc1oc(C)c(C(=O)OC)c1C#N. The normalized spacial score (nSPS) is 9.92. The van der Waals surface area contributed by atoms with Gasteiger partial charge in [-0.15, -0.1) is 0 Å². The standard InChI is InChI=1S/C15H14N4O5/c1-4-23-14(20)10-6-17-7-18-12(10)19-13-9(5-16)11(8(2)24-13)15(21)22-3/h6-7H,4H2,1-3H3,(H,17,18,19). The van der Waals surface area contributed by atoms with Crippen LogP contribution in [0.2, 0.25) is 0 Å². The van der Waals surface area contributed by atoms with Crippen molar-refractivity contribution in [2.24, 2.45) is 0 Å². The molecule has 0 aromatic carbocycles. The topological polar surface area (TPSA) is 127 Å². The third-order valence-corrected chi connectivity index (χ3v) is 3.03. The van der Waals surface area contributed by atoms with Crippen molar-refractivity contribution in [1.82, 2.24) is 9.97 Å². The number of esters is 2. The minimum atomic E-state index is -0.700. The Morgan fingerprint density at radius 3 is 2.79 bits per heavy atom. The number of carbonyl (C=O) groups is 2. The summed E-state index contributed by atoms with van der Waals surface area (Å²) in [6.45, 7) is 3.37. The highest BCUT2D eigenvalue weighted by molar-refractivity contribution is 5.97. The van der Waals surface area contributed by atoms with E-state index in [0.29, 0.717) is 0 Å². The lowest BCUT2D eigenvalue weighted by Crippen LogP contribution is -2.10. The molecular formula is C15H14N4O5. The fraction of sp³-hybridized carbons (Fsp3) is 0.267. The van der Waals surface area contributed by atoms with Gasteiger partial charge in [0.1, 0.15) is 34.8 Å². The first kappa shape index (κ1) is 17.0. The molecule has 124 valence electrons. The Morgan fingerprint density at radius 1 is 1.42 bits per heavy atom. The molecule has 0 saturated carbocycles. The van der Waals surface area contributed by atoms with E-state index in [1.165, 1.54) is 26.6 Å². The predicted molar refractivity (Wildman–Crippen MR) is 80.8 cm³/mol. The Kier molecular flexibility index (Phi) is 5.11. The van der Waals surface area contributed by atoms with E-state index in [2.05, 4.69) is 20.0 Å². The van der Waals surface area contributed by atoms with Crippen LogP contribution in [0.15, 0.2) is 16.9 Å². The van der Waals surface area contributed by atoms with Crippen LogP contribution in [0.5, 0.6) is 0 Å². The van der Waals surface area contributed by atoms with Crippen molar-refractivity contribution < 1.29 is 23.5 Å². The third-order valence-electron chi connectivity index (χ3n) is 3.03. The number of hydrogen-bond donors (Lipinski definition) is 1. The summed E-state index contributed by atoms with van der Waals surface area (Å²) in [6, 6.07) is 1.88. The number of anilines is 2. The molecule has 0 fully saturated rings. The van der Waals surface area contributed by atoms with Crippen molar-refractivity contribution in [2.75, 3.05) is 19.0 Å². The van der Waals surface area contributed by atoms with Crippen LogP contribution in [0, 0.1) is 18.3 Å². The van der Waals surface area contributed by atoms with E-state index in [-0.39, 0.29) is 40.8 Å². The molecular weight excluding hydrogens is 316 g/mol. The number of carbonyl (C=O) groups excluding carboxylic acids is 2. The average Bonchev–Trinajstić information content (AvgIpc) is 2.90. The highest BCUT2D eigenvalue weighted by atomic mass is 16.5. The summed E-state index contributed by atoms with van der Waals surface area (Å²) in [7, 11) is 1.20. The van der Waals surface area contributed by atoms with E-state index in [9.17, 15) is 14.9 Å². The van der Waals surface area contributed by atoms with E-state index in [0.717, 1.165) is 0 Å². The van der Waals surface area contributed by atoms with Crippen molar-refractivity contribution in [3.05, 3.63) is 35.0 Å². The highest BCUT2D eigenvalue weighted by Gasteiger charge is 2.26. The molecule has 0 bridgehead atoms. The Morgan fingerprint density at radius 2 is 2.17 bits per heavy atom. The molecule has 0 amide bonds. The molecule has 24 heavy (non-hydrogen) atoms. The van der Waals surface area contributed by atoms with Crippen LogP contribution in [-0.2, 0) is 9.47 Å². The maximum atomic E-state index is 11.9. The van der Waals surface area contributed by atoms with Crippen LogP contribution in [-0.4, -0.2) is 35.6 Å². The van der Waals surface area contributed by atoms with Gasteiger partial charge >= 0.3 is 11.9 Å². The van der Waals surface area contributed by atoms with Gasteiger partial charge in [0.25, 0.3) is 0 Å². The van der Waals surface area contributed by atoms with Crippen molar-refractivity contribution in [3.63, 3.8) is 0 Å². The Labute approximate surface area is 137 Å². The smallest absolute Gasteiger partial charge is 0.343 e. The Balaban J connectivity index is 2.45. The number of nitriles is 1. The maximum Gasteiger partial charge on any atom is 0.343 e. The van der Waals surface area contributed by atoms with Gasteiger partial charge in [0, 0.05) is 6.20 Å². The van der Waals surface area contributed by atoms with Crippen LogP contribution >= 0.6 is 0 Å². The van der Waals surface area contributed by atoms with Gasteiger partial charge in [0.15, 0.2) is 5.82 Å². The van der Waals surface area contributed by atoms with Gasteiger partial charge in [0.05, 0.1) is 13.7 Å². The summed E-state index contributed by atoms with van der Waals surface area (Å²) in [5.41, 5.74) is 0.0268. The number of nitrogens with zero attached hydrogens (tertiary/aromatic N) is 3. The molecule has 2 aromatic rings. The van der Waals surface area contributed by atoms with Gasteiger partial charge in [-0.25, -0.2) is 19.6 Å². The number of methoxy groups -OCH3 is 1. The van der Waals surface area contributed by atoms with E-state index in [1.54, 1.807) is 6.92 Å². The van der Waals surface area contributed by atoms with E-state index >= 15 is 0 Å². The number of aromatic nitrogens is 2. The minimum absolute atomic E-state index is 0.00856. The lowest BCUT2D eigenvalue weighted by molar-refractivity contribution is 0.0525. The van der Waals surface area contributed by atoms with Crippen LogP contribution in [0.3, 0.4) is 0 Å². The third kappa shape index (κ3) is 3.17. The fourth-order valence-electron chi connectivity index (χ4n) is 1.98. The second-order valence-electron chi connectivity index (χ2n) is 4.47. The van der Waals surface area contributed by atoms with E-state index in [4.69, 9.17) is 9.15 Å². The van der Waals surface area contributed by atoms with E-state index in [1.807, 2.05) is 6.07 Å². The van der Waals surface area contributed by atoms with Gasteiger partial charge in [-0.3, -0.25) is 0 Å². The van der Waals surface area contributed by atoms with Crippen LogP contribution in [0.25, 0.3) is 0 Å². The molecule has 0 aliphatic rings. The van der Waals surface area contributed by atoms with Crippen molar-refractivity contribution in [3.8, 4) is 6.07 Å². The van der Waals surface area contributed by atoms with Gasteiger partial charge in [-0.2, -0.15) is 5.26 Å². The summed E-state index contributed by atoms with van der Waals surface area (Å²) in [6.07, 6.45) is 2.49. The summed E-state index contributed by atoms with van der Waals surface area (Å²) in [5, 5.41) is 12.0. The molecule has 0 unspecified atom stereocenters. The first-order chi connectivity index (χ1) is 11.5. The molecule has 9 heteroatoms. The van der Waals surface area contributed by atoms with Gasteiger partial charge in [0.2, 0.25) is 5.88 Å². The Bertz CT molecular complexity index is 822. The molecule has 0 saturated heterocycles. The molecule has 0 spiro atoms. The van der Waals surface area contributed by atoms with Gasteiger partial charge < -0.3 is 19.2 Å².